The lowest BCUT2D eigenvalue weighted by Crippen LogP contribution is -2.40. The van der Waals surface area contributed by atoms with Crippen molar-refractivity contribution in [1.82, 2.24) is 10.3 Å². The van der Waals surface area contributed by atoms with Gasteiger partial charge in [-0.25, -0.2) is 4.98 Å². The van der Waals surface area contributed by atoms with Crippen LogP contribution in [0.2, 0.25) is 0 Å². The Kier molecular flexibility index (Phi) is 6.06. The first-order valence-corrected chi connectivity index (χ1v) is 9.06. The number of para-hydroxylation sites is 1. The van der Waals surface area contributed by atoms with Crippen LogP contribution in [0.4, 0.5) is 19.0 Å². The summed E-state index contributed by atoms with van der Waals surface area (Å²) in [5, 5.41) is 2.94. The molecule has 1 N–H and O–H groups in total. The number of piperidine rings is 1. The number of nitrogens with one attached hydrogen (secondary N) is 1. The minimum absolute atomic E-state index is 0.0223. The molecule has 150 valence electrons. The third kappa shape index (κ3) is 4.74. The quantitative estimate of drug-likeness (QED) is 0.843. The number of methoxy groups -OCH3 is 1. The number of benzene rings is 1. The fraction of sp³-hybridized carbons (Fsp3) is 0.400. The lowest BCUT2D eigenvalue weighted by Gasteiger charge is -2.32. The molecule has 28 heavy (non-hydrogen) atoms. The summed E-state index contributed by atoms with van der Waals surface area (Å²) in [6.07, 6.45) is -2.29. The molecule has 1 aromatic carbocycles. The molecule has 1 saturated heterocycles. The third-order valence-electron chi connectivity index (χ3n) is 4.91. The highest BCUT2D eigenvalue weighted by molar-refractivity contribution is 5.79. The van der Waals surface area contributed by atoms with E-state index in [1.165, 1.54) is 6.07 Å². The molecule has 1 fully saturated rings. The van der Waals surface area contributed by atoms with Crippen molar-refractivity contribution in [3.05, 3.63) is 53.7 Å². The smallest absolute Gasteiger partial charge is 0.417 e. The van der Waals surface area contributed by atoms with Gasteiger partial charge in [0.15, 0.2) is 0 Å². The van der Waals surface area contributed by atoms with Crippen LogP contribution in [0.25, 0.3) is 0 Å². The third-order valence-corrected chi connectivity index (χ3v) is 4.91. The van der Waals surface area contributed by atoms with Crippen LogP contribution >= 0.6 is 0 Å². The highest BCUT2D eigenvalue weighted by Gasteiger charge is 2.31. The van der Waals surface area contributed by atoms with Crippen molar-refractivity contribution < 1.29 is 22.7 Å². The SMILES string of the molecule is COc1ccccc1CNC(=O)C1CCN(c2ccc(C(F)(F)F)cn2)CC1. The van der Waals surface area contributed by atoms with E-state index in [2.05, 4.69) is 10.3 Å². The number of aromatic nitrogens is 1. The van der Waals surface area contributed by atoms with E-state index < -0.39 is 11.7 Å². The van der Waals surface area contributed by atoms with Gasteiger partial charge in [-0.1, -0.05) is 18.2 Å². The molecule has 8 heteroatoms. The standard InChI is InChI=1S/C20H22F3N3O2/c1-28-17-5-3-2-4-15(17)12-25-19(27)14-8-10-26(11-9-14)18-7-6-16(13-24-18)20(21,22)23/h2-7,13-14H,8-12H2,1H3,(H,25,27). The average molecular weight is 393 g/mol. The molecule has 0 radical (unpaired) electrons. The zero-order valence-corrected chi connectivity index (χ0v) is 15.5. The highest BCUT2D eigenvalue weighted by Crippen LogP contribution is 2.30. The van der Waals surface area contributed by atoms with Crippen molar-refractivity contribution >= 4 is 11.7 Å². The molecule has 1 aromatic heterocycles. The van der Waals surface area contributed by atoms with Gasteiger partial charge in [-0.15, -0.1) is 0 Å². The van der Waals surface area contributed by atoms with Crippen molar-refractivity contribution in [2.24, 2.45) is 5.92 Å². The second-order valence-electron chi connectivity index (χ2n) is 6.69. The van der Waals surface area contributed by atoms with Crippen LogP contribution in [-0.2, 0) is 17.5 Å². The average Bonchev–Trinajstić information content (AvgIpc) is 2.72. The van der Waals surface area contributed by atoms with Gasteiger partial charge in [0, 0.05) is 37.3 Å². The van der Waals surface area contributed by atoms with E-state index in [-0.39, 0.29) is 11.8 Å². The maximum Gasteiger partial charge on any atom is 0.417 e. The van der Waals surface area contributed by atoms with Gasteiger partial charge in [0.1, 0.15) is 11.6 Å². The number of pyridine rings is 1. The largest absolute Gasteiger partial charge is 0.496 e. The molecule has 3 rings (SSSR count). The number of carbonyl (C=O) groups is 1. The maximum absolute atomic E-state index is 12.6. The molecule has 0 unspecified atom stereocenters. The molecule has 1 aliphatic heterocycles. The maximum atomic E-state index is 12.6. The highest BCUT2D eigenvalue weighted by atomic mass is 19.4. The Balaban J connectivity index is 1.51. The van der Waals surface area contributed by atoms with Gasteiger partial charge in [0.05, 0.1) is 12.7 Å². The van der Waals surface area contributed by atoms with E-state index in [0.717, 1.165) is 23.6 Å². The number of halogens is 3. The van der Waals surface area contributed by atoms with E-state index in [0.29, 0.717) is 38.3 Å². The number of hydrogen-bond donors (Lipinski definition) is 1. The normalized spacial score (nSPS) is 15.4. The second-order valence-corrected chi connectivity index (χ2v) is 6.69. The number of amides is 1. The molecule has 0 atom stereocenters. The van der Waals surface area contributed by atoms with Crippen LogP contribution in [0.5, 0.6) is 5.75 Å². The van der Waals surface area contributed by atoms with Gasteiger partial charge in [0.25, 0.3) is 0 Å². The summed E-state index contributed by atoms with van der Waals surface area (Å²) in [6.45, 7) is 1.54. The minimum atomic E-state index is -4.39. The molecule has 5 nitrogen and oxygen atoms in total. The van der Waals surface area contributed by atoms with Crippen LogP contribution in [0, 0.1) is 5.92 Å². The van der Waals surface area contributed by atoms with E-state index in [4.69, 9.17) is 4.74 Å². The number of alkyl halides is 3. The molecule has 0 spiro atoms. The van der Waals surface area contributed by atoms with E-state index in [1.807, 2.05) is 29.2 Å². The van der Waals surface area contributed by atoms with Gasteiger partial charge in [-0.05, 0) is 31.0 Å². The lowest BCUT2D eigenvalue weighted by molar-refractivity contribution is -0.137. The topological polar surface area (TPSA) is 54.5 Å². The zero-order chi connectivity index (χ0) is 20.1. The molecule has 0 saturated carbocycles. The van der Waals surface area contributed by atoms with Gasteiger partial charge < -0.3 is 15.0 Å². The van der Waals surface area contributed by atoms with E-state index >= 15 is 0 Å². The van der Waals surface area contributed by atoms with Crippen molar-refractivity contribution in [3.8, 4) is 5.75 Å². The van der Waals surface area contributed by atoms with Gasteiger partial charge in [0.2, 0.25) is 5.91 Å². The monoisotopic (exact) mass is 393 g/mol. The summed E-state index contributed by atoms with van der Waals surface area (Å²) in [4.78, 5) is 18.3. The van der Waals surface area contributed by atoms with E-state index in [9.17, 15) is 18.0 Å². The number of nitrogens with zero attached hydrogens (tertiary/aromatic N) is 2. The van der Waals surface area contributed by atoms with Crippen molar-refractivity contribution in [2.45, 2.75) is 25.6 Å². The molecule has 1 amide bonds. The number of hydrogen-bond acceptors (Lipinski definition) is 4. The van der Waals surface area contributed by atoms with Crippen LogP contribution in [0.15, 0.2) is 42.6 Å². The molecular weight excluding hydrogens is 371 g/mol. The number of carbonyl (C=O) groups excluding carboxylic acids is 1. The molecule has 1 aliphatic rings. The molecule has 2 heterocycles. The van der Waals surface area contributed by atoms with Crippen LogP contribution in [0.1, 0.15) is 24.0 Å². The summed E-state index contributed by atoms with van der Waals surface area (Å²) in [7, 11) is 1.59. The van der Waals surface area contributed by atoms with Crippen LogP contribution < -0.4 is 15.0 Å². The molecular formula is C20H22F3N3O2. The Bertz CT molecular complexity index is 801. The second kappa shape index (κ2) is 8.50. The fourth-order valence-corrected chi connectivity index (χ4v) is 3.29. The van der Waals surface area contributed by atoms with Crippen molar-refractivity contribution in [1.29, 1.82) is 0 Å². The zero-order valence-electron chi connectivity index (χ0n) is 15.5. The van der Waals surface area contributed by atoms with Crippen molar-refractivity contribution in [2.75, 3.05) is 25.1 Å². The Morgan fingerprint density at radius 3 is 2.54 bits per heavy atom. The van der Waals surface area contributed by atoms with Gasteiger partial charge in [-0.2, -0.15) is 13.2 Å². The number of anilines is 1. The summed E-state index contributed by atoms with van der Waals surface area (Å²) in [5.74, 6) is 1.08. The lowest BCUT2D eigenvalue weighted by atomic mass is 9.95. The number of rotatable bonds is 5. The Labute approximate surface area is 161 Å². The first-order chi connectivity index (χ1) is 13.4. The molecule has 0 aliphatic carbocycles. The van der Waals surface area contributed by atoms with Crippen LogP contribution in [0.3, 0.4) is 0 Å². The van der Waals surface area contributed by atoms with Gasteiger partial charge >= 0.3 is 6.18 Å². The van der Waals surface area contributed by atoms with Crippen molar-refractivity contribution in [3.63, 3.8) is 0 Å². The minimum Gasteiger partial charge on any atom is -0.496 e. The summed E-state index contributed by atoms with van der Waals surface area (Å²) in [5.41, 5.74) is 0.145. The molecule has 2 aromatic rings. The summed E-state index contributed by atoms with van der Waals surface area (Å²) in [6, 6.07) is 9.92. The first kappa shape index (κ1) is 20.0. The summed E-state index contributed by atoms with van der Waals surface area (Å²) < 4.78 is 43.2. The summed E-state index contributed by atoms with van der Waals surface area (Å²) >= 11 is 0. The van der Waals surface area contributed by atoms with Crippen LogP contribution in [-0.4, -0.2) is 31.1 Å². The Hall–Kier alpha value is -2.77. The Morgan fingerprint density at radius 2 is 1.93 bits per heavy atom. The predicted molar refractivity (Wildman–Crippen MR) is 99.0 cm³/mol. The predicted octanol–water partition coefficient (Wildman–Crippen LogP) is 3.64. The van der Waals surface area contributed by atoms with Gasteiger partial charge in [-0.3, -0.25) is 4.79 Å². The van der Waals surface area contributed by atoms with E-state index in [1.54, 1.807) is 7.11 Å². The number of ether oxygens (including phenoxy) is 1. The first-order valence-electron chi connectivity index (χ1n) is 9.06. The fourth-order valence-electron chi connectivity index (χ4n) is 3.29. The Morgan fingerprint density at radius 1 is 1.21 bits per heavy atom. The molecule has 0 bridgehead atoms.